The van der Waals surface area contributed by atoms with Gasteiger partial charge in [0, 0.05) is 37.8 Å². The van der Waals surface area contributed by atoms with E-state index >= 15 is 0 Å². The van der Waals surface area contributed by atoms with Gasteiger partial charge in [-0.1, -0.05) is 0 Å². The number of carbonyl (C=O) groups is 1. The lowest BCUT2D eigenvalue weighted by atomic mass is 10.0. The number of nitrogens with one attached hydrogen (secondary N) is 2. The predicted octanol–water partition coefficient (Wildman–Crippen LogP) is 0.691. The number of carbonyl (C=O) groups excluding carboxylic acids is 1. The Morgan fingerprint density at radius 2 is 2.10 bits per heavy atom. The summed E-state index contributed by atoms with van der Waals surface area (Å²) in [6.07, 6.45) is 0. The molecule has 3 rings (SSSR count). The SMILES string of the molecule is Cn1c(=O)[nH]c2cc(C(=O)N3CCNC(C)(C)C3)ccc21. The zero-order valence-electron chi connectivity index (χ0n) is 12.6. The van der Waals surface area contributed by atoms with Crippen molar-refractivity contribution in [3.63, 3.8) is 0 Å². The second kappa shape index (κ2) is 4.73. The molecule has 112 valence electrons. The van der Waals surface area contributed by atoms with E-state index in [0.29, 0.717) is 24.2 Å². The van der Waals surface area contributed by atoms with Crippen LogP contribution >= 0.6 is 0 Å². The minimum Gasteiger partial charge on any atom is -0.336 e. The van der Waals surface area contributed by atoms with Crippen molar-refractivity contribution in [2.45, 2.75) is 19.4 Å². The number of imidazole rings is 1. The molecular formula is C15H20N4O2. The summed E-state index contributed by atoms with van der Waals surface area (Å²) in [6, 6.07) is 5.36. The van der Waals surface area contributed by atoms with Crippen LogP contribution in [0.2, 0.25) is 0 Å². The van der Waals surface area contributed by atoms with Crippen molar-refractivity contribution in [1.29, 1.82) is 0 Å². The fraction of sp³-hybridized carbons (Fsp3) is 0.467. The van der Waals surface area contributed by atoms with Crippen LogP contribution in [0.5, 0.6) is 0 Å². The van der Waals surface area contributed by atoms with Crippen LogP contribution < -0.4 is 11.0 Å². The number of fused-ring (bicyclic) bond motifs is 1. The normalized spacial score (nSPS) is 18.1. The van der Waals surface area contributed by atoms with Crippen LogP contribution in [-0.4, -0.2) is 45.5 Å². The highest BCUT2D eigenvalue weighted by Crippen LogP contribution is 2.17. The molecule has 1 saturated heterocycles. The number of hydrogen-bond donors (Lipinski definition) is 2. The summed E-state index contributed by atoms with van der Waals surface area (Å²) in [5.74, 6) is 0.0103. The Labute approximate surface area is 122 Å². The fourth-order valence-corrected chi connectivity index (χ4v) is 2.87. The molecule has 0 aliphatic carbocycles. The Hall–Kier alpha value is -2.08. The average Bonchev–Trinajstić information content (AvgIpc) is 2.71. The molecule has 1 aromatic carbocycles. The molecule has 1 aromatic heterocycles. The Kier molecular flexibility index (Phi) is 3.13. The number of aromatic amines is 1. The molecule has 0 atom stereocenters. The summed E-state index contributed by atoms with van der Waals surface area (Å²) in [5, 5.41) is 3.39. The summed E-state index contributed by atoms with van der Waals surface area (Å²) >= 11 is 0. The minimum atomic E-state index is -0.169. The van der Waals surface area contributed by atoms with Gasteiger partial charge in [-0.15, -0.1) is 0 Å². The Morgan fingerprint density at radius 1 is 1.33 bits per heavy atom. The number of nitrogens with zero attached hydrogens (tertiary/aromatic N) is 2. The van der Waals surface area contributed by atoms with Crippen molar-refractivity contribution >= 4 is 16.9 Å². The second-order valence-corrected chi connectivity index (χ2v) is 6.26. The minimum absolute atomic E-state index is 0.0103. The maximum absolute atomic E-state index is 12.6. The van der Waals surface area contributed by atoms with Gasteiger partial charge < -0.3 is 15.2 Å². The summed E-state index contributed by atoms with van der Waals surface area (Å²) < 4.78 is 1.54. The average molecular weight is 288 g/mol. The maximum atomic E-state index is 12.6. The van der Waals surface area contributed by atoms with Crippen LogP contribution in [0.1, 0.15) is 24.2 Å². The van der Waals surface area contributed by atoms with E-state index in [4.69, 9.17) is 0 Å². The highest BCUT2D eigenvalue weighted by molar-refractivity contribution is 5.97. The van der Waals surface area contributed by atoms with Crippen LogP contribution in [0.15, 0.2) is 23.0 Å². The highest BCUT2D eigenvalue weighted by atomic mass is 16.2. The van der Waals surface area contributed by atoms with Crippen molar-refractivity contribution in [3.8, 4) is 0 Å². The lowest BCUT2D eigenvalue weighted by molar-refractivity contribution is 0.0652. The number of amides is 1. The van der Waals surface area contributed by atoms with Crippen molar-refractivity contribution in [2.75, 3.05) is 19.6 Å². The molecule has 0 spiro atoms. The van der Waals surface area contributed by atoms with Crippen molar-refractivity contribution in [3.05, 3.63) is 34.2 Å². The zero-order chi connectivity index (χ0) is 15.2. The van der Waals surface area contributed by atoms with E-state index in [2.05, 4.69) is 24.1 Å². The summed E-state index contributed by atoms with van der Waals surface area (Å²) in [4.78, 5) is 28.9. The fourth-order valence-electron chi connectivity index (χ4n) is 2.87. The Morgan fingerprint density at radius 3 is 2.81 bits per heavy atom. The number of aryl methyl sites for hydroxylation is 1. The van der Waals surface area contributed by atoms with E-state index in [-0.39, 0.29) is 17.1 Å². The van der Waals surface area contributed by atoms with Gasteiger partial charge in [0.25, 0.3) is 5.91 Å². The topological polar surface area (TPSA) is 70.1 Å². The molecule has 2 N–H and O–H groups in total. The van der Waals surface area contributed by atoms with Crippen molar-refractivity contribution < 1.29 is 4.79 Å². The summed E-state index contributed by atoms with van der Waals surface area (Å²) in [5.41, 5.74) is 1.87. The highest BCUT2D eigenvalue weighted by Gasteiger charge is 2.29. The first-order valence-electron chi connectivity index (χ1n) is 7.10. The van der Waals surface area contributed by atoms with Gasteiger partial charge in [0.05, 0.1) is 11.0 Å². The van der Waals surface area contributed by atoms with E-state index in [9.17, 15) is 9.59 Å². The van der Waals surface area contributed by atoms with Crippen molar-refractivity contribution in [2.24, 2.45) is 7.05 Å². The van der Waals surface area contributed by atoms with Gasteiger partial charge in [-0.25, -0.2) is 4.79 Å². The number of piperazine rings is 1. The smallest absolute Gasteiger partial charge is 0.326 e. The van der Waals surface area contributed by atoms with Gasteiger partial charge in [0.1, 0.15) is 0 Å². The molecule has 0 saturated carbocycles. The van der Waals surface area contributed by atoms with Gasteiger partial charge in [-0.2, -0.15) is 0 Å². The second-order valence-electron chi connectivity index (χ2n) is 6.26. The van der Waals surface area contributed by atoms with E-state index < -0.39 is 0 Å². The van der Waals surface area contributed by atoms with E-state index in [1.165, 1.54) is 4.57 Å². The lowest BCUT2D eigenvalue weighted by Crippen LogP contribution is -2.58. The number of H-pyrrole nitrogens is 1. The Balaban J connectivity index is 1.93. The van der Waals surface area contributed by atoms with E-state index in [1.807, 2.05) is 11.0 Å². The first-order valence-corrected chi connectivity index (χ1v) is 7.10. The number of rotatable bonds is 1. The quantitative estimate of drug-likeness (QED) is 0.811. The van der Waals surface area contributed by atoms with Gasteiger partial charge >= 0.3 is 5.69 Å². The summed E-state index contributed by atoms with van der Waals surface area (Å²) in [7, 11) is 1.71. The molecule has 2 heterocycles. The molecular weight excluding hydrogens is 268 g/mol. The molecule has 6 nitrogen and oxygen atoms in total. The first-order chi connectivity index (χ1) is 9.87. The molecule has 1 amide bonds. The number of hydrogen-bond acceptors (Lipinski definition) is 3. The number of aromatic nitrogens is 2. The first kappa shape index (κ1) is 13.9. The molecule has 0 unspecified atom stereocenters. The third-order valence-corrected chi connectivity index (χ3v) is 4.01. The molecule has 1 fully saturated rings. The third kappa shape index (κ3) is 2.47. The molecule has 1 aliphatic rings. The standard InChI is InChI=1S/C15H20N4O2/c1-15(2)9-19(7-6-16-15)13(20)10-4-5-12-11(8-10)17-14(21)18(12)3/h4-5,8,16H,6-7,9H2,1-3H3,(H,17,21). The van der Waals surface area contributed by atoms with E-state index in [1.54, 1.807) is 19.2 Å². The van der Waals surface area contributed by atoms with Crippen LogP contribution in [-0.2, 0) is 7.05 Å². The Bertz CT molecular complexity index is 757. The van der Waals surface area contributed by atoms with Gasteiger partial charge in [-0.05, 0) is 32.0 Å². The monoisotopic (exact) mass is 288 g/mol. The van der Waals surface area contributed by atoms with Crippen LogP contribution in [0.4, 0.5) is 0 Å². The van der Waals surface area contributed by atoms with Crippen molar-refractivity contribution in [1.82, 2.24) is 19.8 Å². The van der Waals surface area contributed by atoms with Crippen LogP contribution in [0.3, 0.4) is 0 Å². The third-order valence-electron chi connectivity index (χ3n) is 4.01. The molecule has 0 bridgehead atoms. The molecule has 1 aliphatic heterocycles. The van der Waals surface area contributed by atoms with Gasteiger partial charge in [0.15, 0.2) is 0 Å². The maximum Gasteiger partial charge on any atom is 0.326 e. The zero-order valence-corrected chi connectivity index (χ0v) is 12.6. The molecule has 2 aromatic rings. The van der Waals surface area contributed by atoms with Gasteiger partial charge in [0.2, 0.25) is 0 Å². The van der Waals surface area contributed by atoms with Crippen LogP contribution in [0, 0.1) is 0 Å². The lowest BCUT2D eigenvalue weighted by Gasteiger charge is -2.39. The predicted molar refractivity (Wildman–Crippen MR) is 81.5 cm³/mol. The number of benzene rings is 1. The molecule has 6 heteroatoms. The molecule has 0 radical (unpaired) electrons. The van der Waals surface area contributed by atoms with E-state index in [0.717, 1.165) is 12.1 Å². The summed E-state index contributed by atoms with van der Waals surface area (Å²) in [6.45, 7) is 6.35. The largest absolute Gasteiger partial charge is 0.336 e. The van der Waals surface area contributed by atoms with Crippen LogP contribution in [0.25, 0.3) is 11.0 Å². The molecule has 21 heavy (non-hydrogen) atoms. The van der Waals surface area contributed by atoms with Gasteiger partial charge in [-0.3, -0.25) is 9.36 Å².